The van der Waals surface area contributed by atoms with Gasteiger partial charge in [-0.15, -0.1) is 0 Å². The van der Waals surface area contributed by atoms with Crippen molar-refractivity contribution in [2.45, 2.75) is 78.1 Å². The third-order valence-electron chi connectivity index (χ3n) is 6.23. The van der Waals surface area contributed by atoms with Crippen LogP contribution in [0.15, 0.2) is 24.3 Å². The molecule has 0 atom stereocenters. The largest absolute Gasteiger partial charge is 0.377 e. The first kappa shape index (κ1) is 18.8. The monoisotopic (exact) mass is 318 g/mol. The Balaban J connectivity index is 1.59. The van der Waals surface area contributed by atoms with Crippen LogP contribution in [0.4, 0.5) is 0 Å². The Hall–Kier alpha value is -0.560. The van der Waals surface area contributed by atoms with E-state index >= 15 is 0 Å². The minimum atomic E-state index is 0.799. The first-order chi connectivity index (χ1) is 11.3. The summed E-state index contributed by atoms with van der Waals surface area (Å²) in [7, 11) is 0. The number of hydrogen-bond donors (Lipinski definition) is 0. The summed E-state index contributed by atoms with van der Waals surface area (Å²) in [4.78, 5) is 0. The van der Waals surface area contributed by atoms with Crippen LogP contribution >= 0.6 is 0 Å². The standard InChI is InChI=1S/C22H38O/c1-3-5-7-8-19-9-13-21(14-10-19)22-15-11-20(12-16-22)18-23-17-6-4-2/h3-6,19-22H,7-18H2,1-2H3/b5-3+,6-4-/t19-,20?,21-,22?. The summed E-state index contributed by atoms with van der Waals surface area (Å²) in [5, 5.41) is 0. The molecule has 2 fully saturated rings. The van der Waals surface area contributed by atoms with Gasteiger partial charge in [0.25, 0.3) is 0 Å². The Morgan fingerprint density at radius 2 is 1.30 bits per heavy atom. The van der Waals surface area contributed by atoms with Crippen LogP contribution in [-0.2, 0) is 4.74 Å². The Morgan fingerprint density at radius 3 is 1.87 bits per heavy atom. The van der Waals surface area contributed by atoms with Gasteiger partial charge in [0.05, 0.1) is 6.61 Å². The number of hydrogen-bond acceptors (Lipinski definition) is 1. The van der Waals surface area contributed by atoms with E-state index in [1.807, 2.05) is 0 Å². The topological polar surface area (TPSA) is 9.23 Å². The number of ether oxygens (including phenoxy) is 1. The van der Waals surface area contributed by atoms with Crippen LogP contribution in [0.2, 0.25) is 0 Å². The molecule has 0 unspecified atom stereocenters. The fourth-order valence-corrected chi connectivity index (χ4v) is 4.67. The molecule has 23 heavy (non-hydrogen) atoms. The molecule has 1 nitrogen and oxygen atoms in total. The van der Waals surface area contributed by atoms with Crippen molar-refractivity contribution in [2.75, 3.05) is 13.2 Å². The molecule has 0 aromatic carbocycles. The van der Waals surface area contributed by atoms with E-state index in [0.717, 1.165) is 36.9 Å². The second-order valence-electron chi connectivity index (χ2n) is 7.81. The second kappa shape index (κ2) is 11.1. The molecule has 2 aliphatic rings. The van der Waals surface area contributed by atoms with Gasteiger partial charge in [-0.3, -0.25) is 0 Å². The van der Waals surface area contributed by atoms with Gasteiger partial charge < -0.3 is 4.74 Å². The van der Waals surface area contributed by atoms with Gasteiger partial charge >= 0.3 is 0 Å². The van der Waals surface area contributed by atoms with E-state index in [1.165, 1.54) is 64.2 Å². The van der Waals surface area contributed by atoms with Crippen LogP contribution in [0.3, 0.4) is 0 Å². The first-order valence-corrected chi connectivity index (χ1v) is 10.1. The van der Waals surface area contributed by atoms with Crippen molar-refractivity contribution < 1.29 is 4.74 Å². The summed E-state index contributed by atoms with van der Waals surface area (Å²) >= 11 is 0. The van der Waals surface area contributed by atoms with E-state index in [4.69, 9.17) is 4.74 Å². The Labute approximate surface area is 144 Å². The molecule has 0 heterocycles. The summed E-state index contributed by atoms with van der Waals surface area (Å²) in [5.74, 6) is 3.91. The Bertz CT molecular complexity index is 341. The molecular formula is C22H38O. The quantitative estimate of drug-likeness (QED) is 0.364. The van der Waals surface area contributed by atoms with Gasteiger partial charge in [-0.2, -0.15) is 0 Å². The third kappa shape index (κ3) is 6.83. The van der Waals surface area contributed by atoms with E-state index in [9.17, 15) is 0 Å². The average Bonchev–Trinajstić information content (AvgIpc) is 2.60. The summed E-state index contributed by atoms with van der Waals surface area (Å²) in [6, 6.07) is 0. The molecule has 0 spiro atoms. The van der Waals surface area contributed by atoms with Crippen molar-refractivity contribution in [2.24, 2.45) is 23.7 Å². The van der Waals surface area contributed by atoms with Gasteiger partial charge in [0.2, 0.25) is 0 Å². The fraction of sp³-hybridized carbons (Fsp3) is 0.818. The molecule has 0 saturated heterocycles. The lowest BCUT2D eigenvalue weighted by Crippen LogP contribution is -2.27. The fourth-order valence-electron chi connectivity index (χ4n) is 4.67. The third-order valence-corrected chi connectivity index (χ3v) is 6.23. The molecule has 0 amide bonds. The zero-order valence-corrected chi connectivity index (χ0v) is 15.5. The van der Waals surface area contributed by atoms with Crippen LogP contribution in [0.1, 0.15) is 78.1 Å². The second-order valence-corrected chi connectivity index (χ2v) is 7.81. The van der Waals surface area contributed by atoms with Gasteiger partial charge in [0, 0.05) is 6.61 Å². The molecule has 0 aliphatic heterocycles. The van der Waals surface area contributed by atoms with Crippen LogP contribution in [-0.4, -0.2) is 13.2 Å². The molecule has 0 aromatic heterocycles. The molecule has 2 aliphatic carbocycles. The Morgan fingerprint density at radius 1 is 0.739 bits per heavy atom. The predicted octanol–water partition coefficient (Wildman–Crippen LogP) is 6.55. The maximum absolute atomic E-state index is 5.76. The van der Waals surface area contributed by atoms with Crippen LogP contribution in [0.5, 0.6) is 0 Å². The van der Waals surface area contributed by atoms with Crippen molar-refractivity contribution >= 4 is 0 Å². The lowest BCUT2D eigenvalue weighted by molar-refractivity contribution is 0.0780. The van der Waals surface area contributed by atoms with Crippen molar-refractivity contribution in [3.05, 3.63) is 24.3 Å². The van der Waals surface area contributed by atoms with E-state index < -0.39 is 0 Å². The lowest BCUT2D eigenvalue weighted by atomic mass is 9.69. The van der Waals surface area contributed by atoms with Crippen molar-refractivity contribution in [3.63, 3.8) is 0 Å². The Kier molecular flexibility index (Phi) is 9.04. The number of allylic oxidation sites excluding steroid dienone is 3. The average molecular weight is 319 g/mol. The maximum atomic E-state index is 5.76. The SMILES string of the molecule is C/C=C\COCC1CCC([C@H]2CC[C@H](CC/C=C/C)CC2)CC1. The molecule has 0 bridgehead atoms. The van der Waals surface area contributed by atoms with Crippen molar-refractivity contribution in [1.29, 1.82) is 0 Å². The highest BCUT2D eigenvalue weighted by molar-refractivity contribution is 4.84. The summed E-state index contributed by atoms with van der Waals surface area (Å²) in [6.45, 7) is 5.98. The van der Waals surface area contributed by atoms with E-state index in [1.54, 1.807) is 0 Å². The smallest absolute Gasteiger partial charge is 0.0647 e. The molecular weight excluding hydrogens is 280 g/mol. The van der Waals surface area contributed by atoms with Gasteiger partial charge in [0.1, 0.15) is 0 Å². The highest BCUT2D eigenvalue weighted by atomic mass is 16.5. The van der Waals surface area contributed by atoms with Crippen LogP contribution in [0, 0.1) is 23.7 Å². The molecule has 1 heteroatoms. The zero-order chi connectivity index (χ0) is 16.3. The summed E-state index contributed by atoms with van der Waals surface area (Å²) in [6.07, 6.45) is 23.2. The summed E-state index contributed by atoms with van der Waals surface area (Å²) in [5.41, 5.74) is 0. The minimum absolute atomic E-state index is 0.799. The zero-order valence-electron chi connectivity index (χ0n) is 15.5. The van der Waals surface area contributed by atoms with Gasteiger partial charge in [-0.05, 0) is 88.9 Å². The van der Waals surface area contributed by atoms with Gasteiger partial charge in [-0.25, -0.2) is 0 Å². The number of rotatable bonds is 8. The molecule has 132 valence electrons. The first-order valence-electron chi connectivity index (χ1n) is 10.1. The maximum Gasteiger partial charge on any atom is 0.0647 e. The van der Waals surface area contributed by atoms with E-state index in [2.05, 4.69) is 38.2 Å². The highest BCUT2D eigenvalue weighted by Gasteiger charge is 2.30. The molecule has 0 aromatic rings. The van der Waals surface area contributed by atoms with Crippen molar-refractivity contribution in [1.82, 2.24) is 0 Å². The molecule has 2 rings (SSSR count). The normalized spacial score (nSPS) is 32.8. The molecule has 0 N–H and O–H groups in total. The minimum Gasteiger partial charge on any atom is -0.377 e. The van der Waals surface area contributed by atoms with Crippen LogP contribution in [0.25, 0.3) is 0 Å². The molecule has 2 saturated carbocycles. The van der Waals surface area contributed by atoms with Gasteiger partial charge in [-0.1, -0.05) is 37.1 Å². The van der Waals surface area contributed by atoms with Crippen molar-refractivity contribution in [3.8, 4) is 0 Å². The highest BCUT2D eigenvalue weighted by Crippen LogP contribution is 2.42. The van der Waals surface area contributed by atoms with Gasteiger partial charge in [0.15, 0.2) is 0 Å². The molecule has 0 radical (unpaired) electrons. The van der Waals surface area contributed by atoms with E-state index in [0.29, 0.717) is 0 Å². The lowest BCUT2D eigenvalue weighted by Gasteiger charge is -2.37. The predicted molar refractivity (Wildman–Crippen MR) is 101 cm³/mol. The van der Waals surface area contributed by atoms with E-state index in [-0.39, 0.29) is 0 Å². The summed E-state index contributed by atoms with van der Waals surface area (Å²) < 4.78 is 5.76. The van der Waals surface area contributed by atoms with Crippen LogP contribution < -0.4 is 0 Å².